The molecule has 8 nitrogen and oxygen atoms in total. The zero-order chi connectivity index (χ0) is 19.9. The largest absolute Gasteiger partial charge is 0.332 e. The molecule has 3 rings (SSSR count). The van der Waals surface area contributed by atoms with Crippen molar-refractivity contribution in [2.45, 2.75) is 0 Å². The van der Waals surface area contributed by atoms with Crippen LogP contribution in [-0.4, -0.2) is 73.0 Å². The number of rotatable bonds is 6. The molecule has 0 bridgehead atoms. The molecule has 1 aliphatic heterocycles. The molecular weight excluding hydrogens is 380 g/mol. The van der Waals surface area contributed by atoms with Gasteiger partial charge in [0.1, 0.15) is 0 Å². The van der Waals surface area contributed by atoms with E-state index < -0.39 is 0 Å². The number of carbonyl (C=O) groups is 2. The molecule has 0 radical (unpaired) electrons. The third-order valence-corrected chi connectivity index (χ3v) is 4.99. The van der Waals surface area contributed by atoms with Gasteiger partial charge in [-0.2, -0.15) is 0 Å². The van der Waals surface area contributed by atoms with Gasteiger partial charge in [-0.05, 0) is 18.2 Å². The fourth-order valence-electron chi connectivity index (χ4n) is 3.06. The van der Waals surface area contributed by atoms with Gasteiger partial charge >= 0.3 is 0 Å². The minimum Gasteiger partial charge on any atom is -0.332 e. The van der Waals surface area contributed by atoms with Crippen molar-refractivity contribution in [1.82, 2.24) is 14.9 Å². The molecule has 0 saturated carbocycles. The van der Waals surface area contributed by atoms with Gasteiger partial charge in [-0.25, -0.2) is 9.97 Å². The van der Waals surface area contributed by atoms with Crippen LogP contribution in [-0.2, 0) is 9.59 Å². The van der Waals surface area contributed by atoms with Crippen LogP contribution in [0.5, 0.6) is 0 Å². The van der Waals surface area contributed by atoms with Gasteiger partial charge in [-0.1, -0.05) is 23.7 Å². The van der Waals surface area contributed by atoms with E-state index in [-0.39, 0.29) is 18.4 Å². The summed E-state index contributed by atoms with van der Waals surface area (Å²) in [6, 6.07) is 8.80. The lowest BCUT2D eigenvalue weighted by atomic mass is 10.3. The van der Waals surface area contributed by atoms with Crippen LogP contribution >= 0.6 is 11.6 Å². The Kier molecular flexibility index (Phi) is 6.78. The molecule has 2 heterocycles. The van der Waals surface area contributed by atoms with E-state index in [0.717, 1.165) is 32.1 Å². The zero-order valence-electron chi connectivity index (χ0n) is 15.8. The Bertz CT molecular complexity index is 811. The lowest BCUT2D eigenvalue weighted by Crippen LogP contribution is -3.15. The molecule has 1 aromatic heterocycles. The molecule has 1 fully saturated rings. The second-order valence-electron chi connectivity index (χ2n) is 6.74. The third-order valence-electron chi connectivity index (χ3n) is 4.66. The van der Waals surface area contributed by atoms with Crippen LogP contribution < -0.4 is 15.1 Å². The van der Waals surface area contributed by atoms with Crippen LogP contribution in [0.1, 0.15) is 0 Å². The van der Waals surface area contributed by atoms with Gasteiger partial charge in [0.25, 0.3) is 5.91 Å². The SMILES string of the molecule is CN(CC(=O)Nc1ccccc1Cl)C(=O)C[NH+]1CCN(c2ncccn2)CC1. The molecule has 1 aliphatic rings. The van der Waals surface area contributed by atoms with Crippen LogP contribution in [0.4, 0.5) is 11.6 Å². The number of nitrogens with one attached hydrogen (secondary N) is 2. The number of quaternary nitrogens is 1. The molecular formula is C19H24ClN6O2+. The molecule has 0 aliphatic carbocycles. The van der Waals surface area contributed by atoms with E-state index in [1.807, 2.05) is 0 Å². The highest BCUT2D eigenvalue weighted by Gasteiger charge is 2.25. The number of amides is 2. The first-order valence-electron chi connectivity index (χ1n) is 9.17. The summed E-state index contributed by atoms with van der Waals surface area (Å²) in [7, 11) is 1.64. The number of hydrogen-bond acceptors (Lipinski definition) is 5. The molecule has 2 N–H and O–H groups in total. The van der Waals surface area contributed by atoms with Crippen molar-refractivity contribution in [3.05, 3.63) is 47.7 Å². The minimum atomic E-state index is -0.273. The summed E-state index contributed by atoms with van der Waals surface area (Å²) >= 11 is 6.04. The summed E-state index contributed by atoms with van der Waals surface area (Å²) in [6.07, 6.45) is 3.46. The second kappa shape index (κ2) is 9.48. The Balaban J connectivity index is 1.43. The molecule has 2 aromatic rings. The fourth-order valence-corrected chi connectivity index (χ4v) is 3.24. The van der Waals surface area contributed by atoms with Crippen molar-refractivity contribution in [2.24, 2.45) is 0 Å². The normalized spacial score (nSPS) is 14.6. The van der Waals surface area contributed by atoms with Crippen LogP contribution in [0.2, 0.25) is 5.02 Å². The number of piperazine rings is 1. The van der Waals surface area contributed by atoms with Crippen molar-refractivity contribution in [3.63, 3.8) is 0 Å². The van der Waals surface area contributed by atoms with Gasteiger partial charge in [-0.3, -0.25) is 9.59 Å². The van der Waals surface area contributed by atoms with Crippen molar-refractivity contribution < 1.29 is 14.5 Å². The van der Waals surface area contributed by atoms with Crippen LogP contribution in [0.25, 0.3) is 0 Å². The van der Waals surface area contributed by atoms with Gasteiger partial charge in [0.2, 0.25) is 11.9 Å². The second-order valence-corrected chi connectivity index (χ2v) is 7.15. The lowest BCUT2D eigenvalue weighted by molar-refractivity contribution is -0.892. The smallest absolute Gasteiger partial charge is 0.277 e. The first kappa shape index (κ1) is 20.0. The van der Waals surface area contributed by atoms with E-state index in [1.165, 1.54) is 9.80 Å². The number of para-hydroxylation sites is 1. The summed E-state index contributed by atoms with van der Waals surface area (Å²) in [4.78, 5) is 38.0. The molecule has 1 saturated heterocycles. The number of anilines is 2. The maximum absolute atomic E-state index is 12.5. The standard InChI is InChI=1S/C19H23ClN6O2/c1-24(13-17(27)23-16-6-3-2-5-15(16)20)18(28)14-25-9-11-26(12-10-25)19-21-7-4-8-22-19/h2-8H,9-14H2,1H3,(H,23,27)/p+1. The minimum absolute atomic E-state index is 0.0126. The number of hydrogen-bond donors (Lipinski definition) is 2. The Labute approximate surface area is 169 Å². The van der Waals surface area contributed by atoms with E-state index in [4.69, 9.17) is 11.6 Å². The molecule has 1 aromatic carbocycles. The molecule has 0 unspecified atom stereocenters. The molecule has 9 heteroatoms. The topological polar surface area (TPSA) is 82.9 Å². The van der Waals surface area contributed by atoms with Gasteiger partial charge < -0.3 is 20.0 Å². The average Bonchev–Trinajstić information content (AvgIpc) is 2.71. The average molecular weight is 404 g/mol. The van der Waals surface area contributed by atoms with Crippen molar-refractivity contribution in [1.29, 1.82) is 0 Å². The van der Waals surface area contributed by atoms with Gasteiger partial charge in [0.05, 0.1) is 43.4 Å². The number of nitrogens with zero attached hydrogens (tertiary/aromatic N) is 4. The van der Waals surface area contributed by atoms with E-state index in [1.54, 1.807) is 49.8 Å². The summed E-state index contributed by atoms with van der Waals surface area (Å²) in [5.74, 6) is 0.389. The highest BCUT2D eigenvalue weighted by Crippen LogP contribution is 2.20. The first-order valence-corrected chi connectivity index (χ1v) is 9.54. The highest BCUT2D eigenvalue weighted by molar-refractivity contribution is 6.33. The zero-order valence-corrected chi connectivity index (χ0v) is 16.5. The Morgan fingerprint density at radius 2 is 1.86 bits per heavy atom. The van der Waals surface area contributed by atoms with E-state index in [9.17, 15) is 9.59 Å². The van der Waals surface area contributed by atoms with Crippen molar-refractivity contribution >= 4 is 35.1 Å². The maximum Gasteiger partial charge on any atom is 0.277 e. The van der Waals surface area contributed by atoms with Crippen LogP contribution in [0.15, 0.2) is 42.7 Å². The summed E-state index contributed by atoms with van der Waals surface area (Å²) in [5, 5.41) is 3.20. The van der Waals surface area contributed by atoms with E-state index in [2.05, 4.69) is 20.2 Å². The summed E-state index contributed by atoms with van der Waals surface area (Å²) in [5.41, 5.74) is 0.542. The first-order chi connectivity index (χ1) is 13.5. The Morgan fingerprint density at radius 1 is 1.18 bits per heavy atom. The molecule has 28 heavy (non-hydrogen) atoms. The van der Waals surface area contributed by atoms with E-state index in [0.29, 0.717) is 17.3 Å². The predicted molar refractivity (Wildman–Crippen MR) is 108 cm³/mol. The predicted octanol–water partition coefficient (Wildman–Crippen LogP) is -0.0680. The number of benzene rings is 1. The van der Waals surface area contributed by atoms with Gasteiger partial charge in [0, 0.05) is 19.4 Å². The van der Waals surface area contributed by atoms with Crippen LogP contribution in [0, 0.1) is 0 Å². The summed E-state index contributed by atoms with van der Waals surface area (Å²) in [6.45, 7) is 3.58. The molecule has 148 valence electrons. The van der Waals surface area contributed by atoms with Crippen molar-refractivity contribution in [2.75, 3.05) is 56.5 Å². The summed E-state index contributed by atoms with van der Waals surface area (Å²) < 4.78 is 0. The van der Waals surface area contributed by atoms with Gasteiger partial charge in [0.15, 0.2) is 6.54 Å². The fraction of sp³-hybridized carbons (Fsp3) is 0.368. The van der Waals surface area contributed by atoms with Gasteiger partial charge in [-0.15, -0.1) is 0 Å². The molecule has 0 atom stereocenters. The molecule has 0 spiro atoms. The third kappa shape index (κ3) is 5.40. The number of carbonyl (C=O) groups excluding carboxylic acids is 2. The highest BCUT2D eigenvalue weighted by atomic mass is 35.5. The Morgan fingerprint density at radius 3 is 2.54 bits per heavy atom. The van der Waals surface area contributed by atoms with Crippen molar-refractivity contribution in [3.8, 4) is 0 Å². The number of halogens is 1. The molecule has 2 amide bonds. The monoisotopic (exact) mass is 403 g/mol. The Hall–Kier alpha value is -2.71. The maximum atomic E-state index is 12.5. The quantitative estimate of drug-likeness (QED) is 0.705. The van der Waals surface area contributed by atoms with E-state index >= 15 is 0 Å². The number of aromatic nitrogens is 2. The lowest BCUT2D eigenvalue weighted by Gasteiger charge is -2.32. The van der Waals surface area contributed by atoms with Crippen LogP contribution in [0.3, 0.4) is 0 Å². The number of likely N-dealkylation sites (N-methyl/N-ethyl adjacent to an activating group) is 1.